The molecule has 0 fully saturated rings. The molecule has 0 saturated heterocycles. The van der Waals surface area contributed by atoms with Gasteiger partial charge in [-0.1, -0.05) is 13.3 Å². The second-order valence-electron chi connectivity index (χ2n) is 4.48. The minimum atomic E-state index is -0.326. The van der Waals surface area contributed by atoms with Gasteiger partial charge in [0.2, 0.25) is 0 Å². The van der Waals surface area contributed by atoms with Crippen molar-refractivity contribution < 1.29 is 9.15 Å². The SMILES string of the molecule is CCCCNCc1cc(=O)oc2cc(OC)ccc12. The number of ether oxygens (including phenoxy) is 1. The molecule has 0 amide bonds. The van der Waals surface area contributed by atoms with E-state index in [1.54, 1.807) is 19.2 Å². The van der Waals surface area contributed by atoms with Crippen LogP contribution in [-0.2, 0) is 6.54 Å². The lowest BCUT2D eigenvalue weighted by atomic mass is 10.1. The molecule has 2 aromatic rings. The number of hydrogen-bond donors (Lipinski definition) is 1. The van der Waals surface area contributed by atoms with Gasteiger partial charge in [0.05, 0.1) is 7.11 Å². The van der Waals surface area contributed by atoms with Gasteiger partial charge in [0.15, 0.2) is 0 Å². The summed E-state index contributed by atoms with van der Waals surface area (Å²) in [7, 11) is 1.59. The predicted molar refractivity (Wildman–Crippen MR) is 75.7 cm³/mol. The van der Waals surface area contributed by atoms with Crippen LogP contribution in [0.1, 0.15) is 25.3 Å². The predicted octanol–water partition coefficient (Wildman–Crippen LogP) is 2.69. The molecule has 0 aliphatic carbocycles. The van der Waals surface area contributed by atoms with E-state index in [9.17, 15) is 4.79 Å². The molecule has 0 spiro atoms. The van der Waals surface area contributed by atoms with Gasteiger partial charge in [0, 0.05) is 24.1 Å². The van der Waals surface area contributed by atoms with Crippen molar-refractivity contribution in [3.63, 3.8) is 0 Å². The number of hydrogen-bond acceptors (Lipinski definition) is 4. The Morgan fingerprint density at radius 2 is 2.16 bits per heavy atom. The molecular weight excluding hydrogens is 242 g/mol. The van der Waals surface area contributed by atoms with Gasteiger partial charge in [0.25, 0.3) is 0 Å². The molecule has 0 unspecified atom stereocenters. The Morgan fingerprint density at radius 3 is 2.89 bits per heavy atom. The molecule has 0 bridgehead atoms. The first kappa shape index (κ1) is 13.6. The van der Waals surface area contributed by atoms with E-state index in [4.69, 9.17) is 9.15 Å². The van der Waals surface area contributed by atoms with Gasteiger partial charge in [0.1, 0.15) is 11.3 Å². The zero-order valence-electron chi connectivity index (χ0n) is 11.4. The van der Waals surface area contributed by atoms with E-state index in [-0.39, 0.29) is 5.63 Å². The third kappa shape index (κ3) is 3.35. The van der Waals surface area contributed by atoms with Crippen molar-refractivity contribution in [1.82, 2.24) is 5.32 Å². The Hall–Kier alpha value is -1.81. The fraction of sp³-hybridized carbons (Fsp3) is 0.400. The monoisotopic (exact) mass is 261 g/mol. The first-order chi connectivity index (χ1) is 9.24. The molecule has 0 atom stereocenters. The Labute approximate surface area is 112 Å². The number of fused-ring (bicyclic) bond motifs is 1. The second-order valence-corrected chi connectivity index (χ2v) is 4.48. The van der Waals surface area contributed by atoms with Gasteiger partial charge in [-0.2, -0.15) is 0 Å². The molecule has 102 valence electrons. The van der Waals surface area contributed by atoms with E-state index in [2.05, 4.69) is 12.2 Å². The van der Waals surface area contributed by atoms with Gasteiger partial charge in [-0.3, -0.25) is 0 Å². The summed E-state index contributed by atoms with van der Waals surface area (Å²) in [6.45, 7) is 3.78. The first-order valence-corrected chi connectivity index (χ1v) is 6.56. The summed E-state index contributed by atoms with van der Waals surface area (Å²) in [5.74, 6) is 0.687. The molecule has 19 heavy (non-hydrogen) atoms. The molecule has 0 saturated carbocycles. The fourth-order valence-electron chi connectivity index (χ4n) is 2.01. The van der Waals surface area contributed by atoms with Crippen LogP contribution in [0.4, 0.5) is 0 Å². The summed E-state index contributed by atoms with van der Waals surface area (Å²) in [5, 5.41) is 4.29. The molecule has 0 radical (unpaired) electrons. The van der Waals surface area contributed by atoms with Crippen LogP contribution >= 0.6 is 0 Å². The summed E-state index contributed by atoms with van der Waals surface area (Å²) in [4.78, 5) is 11.6. The highest BCUT2D eigenvalue weighted by atomic mass is 16.5. The van der Waals surface area contributed by atoms with Crippen LogP contribution in [0, 0.1) is 0 Å². The lowest BCUT2D eigenvalue weighted by molar-refractivity contribution is 0.414. The minimum absolute atomic E-state index is 0.326. The maximum absolute atomic E-state index is 11.6. The van der Waals surface area contributed by atoms with Crippen molar-refractivity contribution in [3.8, 4) is 5.75 Å². The molecule has 1 aromatic heterocycles. The third-order valence-corrected chi connectivity index (χ3v) is 3.06. The van der Waals surface area contributed by atoms with E-state index in [0.717, 1.165) is 30.3 Å². The van der Waals surface area contributed by atoms with E-state index < -0.39 is 0 Å². The van der Waals surface area contributed by atoms with Crippen LogP contribution in [0.25, 0.3) is 11.0 Å². The topological polar surface area (TPSA) is 51.5 Å². The number of nitrogens with one attached hydrogen (secondary N) is 1. The molecule has 0 aliphatic heterocycles. The smallest absolute Gasteiger partial charge is 0.336 e. The van der Waals surface area contributed by atoms with Crippen molar-refractivity contribution >= 4 is 11.0 Å². The fourth-order valence-corrected chi connectivity index (χ4v) is 2.01. The zero-order chi connectivity index (χ0) is 13.7. The highest BCUT2D eigenvalue weighted by Crippen LogP contribution is 2.22. The van der Waals surface area contributed by atoms with Crippen LogP contribution in [0.5, 0.6) is 5.75 Å². The summed E-state index contributed by atoms with van der Waals surface area (Å²) in [6, 6.07) is 7.09. The molecule has 2 rings (SSSR count). The highest BCUT2D eigenvalue weighted by Gasteiger charge is 2.06. The lowest BCUT2D eigenvalue weighted by Crippen LogP contribution is -2.16. The Kier molecular flexibility index (Phi) is 4.58. The Bertz CT molecular complexity index is 604. The number of unbranched alkanes of at least 4 members (excludes halogenated alkanes) is 1. The summed E-state index contributed by atoms with van der Waals surface area (Å²) < 4.78 is 10.3. The molecule has 1 aromatic carbocycles. The van der Waals surface area contributed by atoms with Crippen molar-refractivity contribution in [3.05, 3.63) is 40.2 Å². The van der Waals surface area contributed by atoms with Crippen LogP contribution in [-0.4, -0.2) is 13.7 Å². The van der Waals surface area contributed by atoms with Crippen molar-refractivity contribution in [1.29, 1.82) is 0 Å². The zero-order valence-corrected chi connectivity index (χ0v) is 11.4. The molecular formula is C15H19NO3. The third-order valence-electron chi connectivity index (χ3n) is 3.06. The van der Waals surface area contributed by atoms with Gasteiger partial charge in [-0.15, -0.1) is 0 Å². The summed E-state index contributed by atoms with van der Waals surface area (Å²) in [5.41, 5.74) is 1.21. The van der Waals surface area contributed by atoms with Crippen molar-refractivity contribution in [2.75, 3.05) is 13.7 Å². The molecule has 1 N–H and O–H groups in total. The first-order valence-electron chi connectivity index (χ1n) is 6.56. The van der Waals surface area contributed by atoms with Crippen molar-refractivity contribution in [2.45, 2.75) is 26.3 Å². The lowest BCUT2D eigenvalue weighted by Gasteiger charge is -2.08. The Balaban J connectivity index is 2.29. The van der Waals surface area contributed by atoms with E-state index in [1.807, 2.05) is 12.1 Å². The quantitative estimate of drug-likeness (QED) is 0.641. The number of methoxy groups -OCH3 is 1. The van der Waals surface area contributed by atoms with Crippen LogP contribution in [0.15, 0.2) is 33.5 Å². The average Bonchev–Trinajstić information content (AvgIpc) is 2.42. The van der Waals surface area contributed by atoms with Gasteiger partial charge in [-0.25, -0.2) is 4.79 Å². The second kappa shape index (κ2) is 6.38. The molecule has 1 heterocycles. The number of rotatable bonds is 6. The normalized spacial score (nSPS) is 10.8. The van der Waals surface area contributed by atoms with E-state index in [1.165, 1.54) is 0 Å². The van der Waals surface area contributed by atoms with Crippen molar-refractivity contribution in [2.24, 2.45) is 0 Å². The van der Waals surface area contributed by atoms with Crippen LogP contribution < -0.4 is 15.7 Å². The van der Waals surface area contributed by atoms with Crippen LogP contribution in [0.2, 0.25) is 0 Å². The molecule has 0 aliphatic rings. The van der Waals surface area contributed by atoms with E-state index in [0.29, 0.717) is 17.9 Å². The highest BCUT2D eigenvalue weighted by molar-refractivity contribution is 5.81. The van der Waals surface area contributed by atoms with Gasteiger partial charge < -0.3 is 14.5 Å². The van der Waals surface area contributed by atoms with Crippen LogP contribution in [0.3, 0.4) is 0 Å². The van der Waals surface area contributed by atoms with Gasteiger partial charge in [-0.05, 0) is 30.7 Å². The minimum Gasteiger partial charge on any atom is -0.497 e. The van der Waals surface area contributed by atoms with Gasteiger partial charge >= 0.3 is 5.63 Å². The standard InChI is InChI=1S/C15H19NO3/c1-3-4-7-16-10-11-8-15(17)19-14-9-12(18-2)5-6-13(11)14/h5-6,8-9,16H,3-4,7,10H2,1-2H3. The maximum atomic E-state index is 11.6. The summed E-state index contributed by atoms with van der Waals surface area (Å²) >= 11 is 0. The average molecular weight is 261 g/mol. The maximum Gasteiger partial charge on any atom is 0.336 e. The number of benzene rings is 1. The van der Waals surface area contributed by atoms with E-state index >= 15 is 0 Å². The molecule has 4 heteroatoms. The Morgan fingerprint density at radius 1 is 1.32 bits per heavy atom. The molecule has 4 nitrogen and oxygen atoms in total. The largest absolute Gasteiger partial charge is 0.497 e. The summed E-state index contributed by atoms with van der Waals surface area (Å²) in [6.07, 6.45) is 2.29.